The molecule has 4 nitrogen and oxygen atoms in total. The molecule has 4 heteroatoms. The van der Waals surface area contributed by atoms with Crippen LogP contribution in [0.25, 0.3) is 0 Å². The van der Waals surface area contributed by atoms with Gasteiger partial charge in [-0.2, -0.15) is 5.26 Å². The molecule has 1 aromatic carbocycles. The number of anilines is 1. The summed E-state index contributed by atoms with van der Waals surface area (Å²) in [5, 5.41) is 12.1. The molecule has 3 rings (SSSR count). The number of nitrogens with zero attached hydrogens (tertiary/aromatic N) is 2. The maximum absolute atomic E-state index is 9.03. The van der Waals surface area contributed by atoms with Crippen LogP contribution in [0.15, 0.2) is 34.7 Å². The van der Waals surface area contributed by atoms with Crippen LogP contribution in [-0.4, -0.2) is 11.5 Å². The molecule has 19 heavy (non-hydrogen) atoms. The first kappa shape index (κ1) is 11.8. The quantitative estimate of drug-likeness (QED) is 0.908. The van der Waals surface area contributed by atoms with E-state index < -0.39 is 0 Å². The molecule has 0 unspecified atom stereocenters. The lowest BCUT2D eigenvalue weighted by Crippen LogP contribution is -1.96. The molecule has 2 aromatic rings. The van der Waals surface area contributed by atoms with Crippen molar-refractivity contribution >= 4 is 5.88 Å². The van der Waals surface area contributed by atoms with Crippen molar-refractivity contribution in [3.63, 3.8) is 0 Å². The Balaban J connectivity index is 1.80. The number of aromatic nitrogens is 1. The van der Waals surface area contributed by atoms with Crippen LogP contribution in [0, 0.1) is 11.3 Å². The molecule has 0 aliphatic heterocycles. The van der Waals surface area contributed by atoms with E-state index in [9.17, 15) is 0 Å². The van der Waals surface area contributed by atoms with Gasteiger partial charge in [-0.05, 0) is 24.8 Å². The topological polar surface area (TPSA) is 61.9 Å². The van der Waals surface area contributed by atoms with Gasteiger partial charge >= 0.3 is 0 Å². The summed E-state index contributed by atoms with van der Waals surface area (Å²) in [6.07, 6.45) is 1.04. The van der Waals surface area contributed by atoms with Crippen LogP contribution in [0.3, 0.4) is 0 Å². The fourth-order valence-electron chi connectivity index (χ4n) is 2.39. The van der Waals surface area contributed by atoms with Crippen LogP contribution in [0.1, 0.15) is 42.3 Å². The van der Waals surface area contributed by atoms with Crippen LogP contribution in [0.4, 0.5) is 5.88 Å². The first-order chi connectivity index (χ1) is 9.33. The third-order valence-corrected chi connectivity index (χ3v) is 3.42. The number of oxazole rings is 1. The highest BCUT2D eigenvalue weighted by Gasteiger charge is 2.43. The number of nitrogens with one attached hydrogen (secondary N) is 1. The van der Waals surface area contributed by atoms with E-state index in [1.807, 2.05) is 25.1 Å². The van der Waals surface area contributed by atoms with Crippen LogP contribution in [-0.2, 0) is 0 Å². The minimum Gasteiger partial charge on any atom is -0.424 e. The molecule has 0 saturated heterocycles. The van der Waals surface area contributed by atoms with Gasteiger partial charge in [0, 0.05) is 12.5 Å². The highest BCUT2D eigenvalue weighted by Crippen LogP contribution is 2.54. The van der Waals surface area contributed by atoms with Gasteiger partial charge in [0.2, 0.25) is 17.5 Å². The summed E-state index contributed by atoms with van der Waals surface area (Å²) in [7, 11) is 0. The molecule has 0 bridgehead atoms. The molecule has 0 radical (unpaired) electrons. The largest absolute Gasteiger partial charge is 0.424 e. The summed E-state index contributed by atoms with van der Waals surface area (Å²) >= 11 is 0. The molecule has 96 valence electrons. The van der Waals surface area contributed by atoms with Crippen LogP contribution >= 0.6 is 0 Å². The van der Waals surface area contributed by atoms with E-state index >= 15 is 0 Å². The summed E-state index contributed by atoms with van der Waals surface area (Å²) in [6, 6.07) is 12.4. The molecule has 2 atom stereocenters. The SMILES string of the molecule is CCNc1oc([C@H]2C[C@H]2c2ccccc2)nc1C#N. The number of rotatable bonds is 4. The van der Waals surface area contributed by atoms with Crippen molar-refractivity contribution in [2.24, 2.45) is 0 Å². The third-order valence-electron chi connectivity index (χ3n) is 3.42. The number of benzene rings is 1. The van der Waals surface area contributed by atoms with Gasteiger partial charge in [-0.25, -0.2) is 4.98 Å². The molecule has 0 spiro atoms. The lowest BCUT2D eigenvalue weighted by Gasteiger charge is -1.97. The van der Waals surface area contributed by atoms with Crippen molar-refractivity contribution in [1.82, 2.24) is 4.98 Å². The highest BCUT2D eigenvalue weighted by molar-refractivity contribution is 5.46. The smallest absolute Gasteiger partial charge is 0.232 e. The highest BCUT2D eigenvalue weighted by atomic mass is 16.4. The Morgan fingerprint density at radius 2 is 2.16 bits per heavy atom. The van der Waals surface area contributed by atoms with Crippen LogP contribution < -0.4 is 5.32 Å². The lowest BCUT2D eigenvalue weighted by atomic mass is 10.1. The maximum Gasteiger partial charge on any atom is 0.232 e. The van der Waals surface area contributed by atoms with Crippen LogP contribution in [0.2, 0.25) is 0 Å². The Labute approximate surface area is 112 Å². The zero-order valence-electron chi connectivity index (χ0n) is 10.8. The number of nitriles is 1. The molecule has 0 amide bonds. The summed E-state index contributed by atoms with van der Waals surface area (Å²) in [6.45, 7) is 2.68. The minimum absolute atomic E-state index is 0.307. The van der Waals surface area contributed by atoms with Gasteiger partial charge in [0.25, 0.3) is 0 Å². The average molecular weight is 253 g/mol. The Kier molecular flexibility index (Phi) is 2.96. The minimum atomic E-state index is 0.307. The van der Waals surface area contributed by atoms with Crippen molar-refractivity contribution in [1.29, 1.82) is 5.26 Å². The predicted molar refractivity (Wildman–Crippen MR) is 71.9 cm³/mol. The van der Waals surface area contributed by atoms with E-state index in [-0.39, 0.29) is 0 Å². The first-order valence-electron chi connectivity index (χ1n) is 6.53. The second-order valence-corrected chi connectivity index (χ2v) is 4.73. The zero-order valence-corrected chi connectivity index (χ0v) is 10.8. The Bertz CT molecular complexity index is 612. The number of hydrogen-bond acceptors (Lipinski definition) is 4. The van der Waals surface area contributed by atoms with E-state index in [0.717, 1.165) is 13.0 Å². The van der Waals surface area contributed by atoms with Crippen molar-refractivity contribution in [3.8, 4) is 6.07 Å². The lowest BCUT2D eigenvalue weighted by molar-refractivity contribution is 0.506. The van der Waals surface area contributed by atoms with E-state index in [1.165, 1.54) is 5.56 Å². The molecule has 1 N–H and O–H groups in total. The van der Waals surface area contributed by atoms with Gasteiger partial charge in [0.05, 0.1) is 0 Å². The molecule has 1 fully saturated rings. The van der Waals surface area contributed by atoms with E-state index in [1.54, 1.807) is 0 Å². The van der Waals surface area contributed by atoms with Gasteiger partial charge in [-0.1, -0.05) is 30.3 Å². The van der Waals surface area contributed by atoms with Gasteiger partial charge in [0.15, 0.2) is 0 Å². The van der Waals surface area contributed by atoms with Gasteiger partial charge in [-0.15, -0.1) is 0 Å². The molecule has 1 aliphatic rings. The summed E-state index contributed by atoms with van der Waals surface area (Å²) in [4.78, 5) is 4.29. The van der Waals surface area contributed by atoms with Crippen molar-refractivity contribution < 1.29 is 4.42 Å². The first-order valence-corrected chi connectivity index (χ1v) is 6.53. The van der Waals surface area contributed by atoms with E-state index in [0.29, 0.717) is 29.3 Å². The second kappa shape index (κ2) is 4.77. The van der Waals surface area contributed by atoms with Crippen molar-refractivity contribution in [3.05, 3.63) is 47.5 Å². The molecular weight excluding hydrogens is 238 g/mol. The Morgan fingerprint density at radius 3 is 2.84 bits per heavy atom. The fraction of sp³-hybridized carbons (Fsp3) is 0.333. The molecular formula is C15H15N3O. The average Bonchev–Trinajstić information content (AvgIpc) is 3.15. The Morgan fingerprint density at radius 1 is 1.37 bits per heavy atom. The zero-order chi connectivity index (χ0) is 13.2. The summed E-state index contributed by atoms with van der Waals surface area (Å²) in [5.74, 6) is 1.96. The van der Waals surface area contributed by atoms with Gasteiger partial charge in [0.1, 0.15) is 6.07 Å². The van der Waals surface area contributed by atoms with Gasteiger partial charge in [-0.3, -0.25) is 0 Å². The van der Waals surface area contributed by atoms with Crippen molar-refractivity contribution in [2.75, 3.05) is 11.9 Å². The Hall–Kier alpha value is -2.28. The summed E-state index contributed by atoms with van der Waals surface area (Å²) < 4.78 is 5.68. The van der Waals surface area contributed by atoms with E-state index in [2.05, 4.69) is 28.5 Å². The third kappa shape index (κ3) is 2.19. The molecule has 1 aromatic heterocycles. The van der Waals surface area contributed by atoms with Crippen molar-refractivity contribution in [2.45, 2.75) is 25.2 Å². The molecule has 1 aliphatic carbocycles. The number of hydrogen-bond donors (Lipinski definition) is 1. The molecule has 1 saturated carbocycles. The molecule has 1 heterocycles. The fourth-order valence-corrected chi connectivity index (χ4v) is 2.39. The monoisotopic (exact) mass is 253 g/mol. The van der Waals surface area contributed by atoms with Gasteiger partial charge < -0.3 is 9.73 Å². The normalized spacial score (nSPS) is 20.8. The summed E-state index contributed by atoms with van der Waals surface area (Å²) in [5.41, 5.74) is 1.67. The second-order valence-electron chi connectivity index (χ2n) is 4.73. The van der Waals surface area contributed by atoms with E-state index in [4.69, 9.17) is 9.68 Å². The van der Waals surface area contributed by atoms with Crippen LogP contribution in [0.5, 0.6) is 0 Å². The standard InChI is InChI=1S/C15H15N3O/c1-2-17-15-13(9-16)18-14(19-15)12-8-11(12)10-6-4-3-5-7-10/h3-7,11-12,17H,2,8H2,1H3/t11-,12-/m0/s1. The maximum atomic E-state index is 9.03. The predicted octanol–water partition coefficient (Wildman–Crippen LogP) is 3.25.